The summed E-state index contributed by atoms with van der Waals surface area (Å²) in [6.07, 6.45) is 0.184. The molecule has 1 aromatic carbocycles. The van der Waals surface area contributed by atoms with E-state index < -0.39 is 0 Å². The Hall–Kier alpha value is -1.22. The van der Waals surface area contributed by atoms with Crippen LogP contribution in [-0.4, -0.2) is 18.1 Å². The highest BCUT2D eigenvalue weighted by atomic mass is 35.5. The van der Waals surface area contributed by atoms with Crippen molar-refractivity contribution in [3.05, 3.63) is 28.8 Å². The predicted octanol–water partition coefficient (Wildman–Crippen LogP) is 1.33. The normalized spacial score (nSPS) is 9.69. The number of phenolic OH excluding ortho intramolecular Hbond substituents is 1. The minimum atomic E-state index is -0.132. The zero-order chi connectivity index (χ0) is 9.84. The fraction of sp³-hybridized carbons (Fsp3) is 0.222. The van der Waals surface area contributed by atoms with Gasteiger partial charge < -0.3 is 10.4 Å². The van der Waals surface area contributed by atoms with Crippen molar-refractivity contribution in [3.63, 3.8) is 0 Å². The van der Waals surface area contributed by atoms with E-state index in [0.29, 0.717) is 10.6 Å². The van der Waals surface area contributed by atoms with E-state index in [1.807, 2.05) is 0 Å². The smallest absolute Gasteiger partial charge is 0.224 e. The summed E-state index contributed by atoms with van der Waals surface area (Å²) in [4.78, 5) is 11.0. The van der Waals surface area contributed by atoms with Crippen LogP contribution in [0.5, 0.6) is 5.75 Å². The lowest BCUT2D eigenvalue weighted by Crippen LogP contribution is -2.20. The van der Waals surface area contributed by atoms with E-state index in [1.54, 1.807) is 13.1 Å². The van der Waals surface area contributed by atoms with Crippen LogP contribution in [-0.2, 0) is 11.2 Å². The van der Waals surface area contributed by atoms with Crippen LogP contribution in [0.1, 0.15) is 5.56 Å². The SMILES string of the molecule is CNC(=O)Cc1cc(O)ccc1Cl. The lowest BCUT2D eigenvalue weighted by molar-refractivity contribution is -0.119. The molecule has 0 bridgehead atoms. The number of carbonyl (C=O) groups is 1. The molecule has 1 rings (SSSR count). The Morgan fingerprint density at radius 3 is 2.92 bits per heavy atom. The van der Waals surface area contributed by atoms with Gasteiger partial charge in [0.1, 0.15) is 5.75 Å². The second kappa shape index (κ2) is 4.14. The molecule has 0 heterocycles. The number of aromatic hydroxyl groups is 1. The first-order valence-corrected chi connectivity index (χ1v) is 4.19. The zero-order valence-corrected chi connectivity index (χ0v) is 7.93. The number of hydrogen-bond acceptors (Lipinski definition) is 2. The minimum absolute atomic E-state index is 0.114. The highest BCUT2D eigenvalue weighted by Crippen LogP contribution is 2.21. The summed E-state index contributed by atoms with van der Waals surface area (Å²) in [5, 5.41) is 12.1. The molecule has 0 aliphatic rings. The molecule has 13 heavy (non-hydrogen) atoms. The lowest BCUT2D eigenvalue weighted by atomic mass is 10.1. The number of hydrogen-bond donors (Lipinski definition) is 2. The third-order valence-electron chi connectivity index (χ3n) is 1.66. The van der Waals surface area contributed by atoms with Crippen molar-refractivity contribution in [1.82, 2.24) is 5.32 Å². The zero-order valence-electron chi connectivity index (χ0n) is 7.17. The van der Waals surface area contributed by atoms with E-state index >= 15 is 0 Å². The average Bonchev–Trinajstić information content (AvgIpc) is 2.11. The number of amides is 1. The molecule has 0 fully saturated rings. The monoisotopic (exact) mass is 199 g/mol. The molecule has 4 heteroatoms. The van der Waals surface area contributed by atoms with Gasteiger partial charge in [0.05, 0.1) is 6.42 Å². The van der Waals surface area contributed by atoms with Crippen molar-refractivity contribution in [2.45, 2.75) is 6.42 Å². The van der Waals surface area contributed by atoms with E-state index in [1.165, 1.54) is 12.1 Å². The van der Waals surface area contributed by atoms with Crippen molar-refractivity contribution in [3.8, 4) is 5.75 Å². The number of phenols is 1. The summed E-state index contributed by atoms with van der Waals surface area (Å²) in [5.74, 6) is -0.0178. The largest absolute Gasteiger partial charge is 0.508 e. The van der Waals surface area contributed by atoms with Crippen LogP contribution in [0.4, 0.5) is 0 Å². The molecule has 1 aromatic rings. The van der Waals surface area contributed by atoms with Crippen molar-refractivity contribution in [1.29, 1.82) is 0 Å². The van der Waals surface area contributed by atoms with Gasteiger partial charge in [-0.25, -0.2) is 0 Å². The highest BCUT2D eigenvalue weighted by Gasteiger charge is 2.05. The molecule has 0 unspecified atom stereocenters. The van der Waals surface area contributed by atoms with Gasteiger partial charge in [-0.3, -0.25) is 4.79 Å². The maximum absolute atomic E-state index is 11.0. The molecule has 0 spiro atoms. The molecular formula is C9H10ClNO2. The van der Waals surface area contributed by atoms with Crippen LogP contribution in [0, 0.1) is 0 Å². The van der Waals surface area contributed by atoms with Gasteiger partial charge in [0.15, 0.2) is 0 Å². The summed E-state index contributed by atoms with van der Waals surface area (Å²) >= 11 is 5.81. The Kier molecular flexibility index (Phi) is 3.14. The Balaban J connectivity index is 2.87. The van der Waals surface area contributed by atoms with E-state index in [-0.39, 0.29) is 18.1 Å². The molecule has 1 amide bonds. The van der Waals surface area contributed by atoms with Gasteiger partial charge in [0.25, 0.3) is 0 Å². The van der Waals surface area contributed by atoms with Gasteiger partial charge in [0, 0.05) is 12.1 Å². The molecule has 0 radical (unpaired) electrons. The molecule has 3 nitrogen and oxygen atoms in total. The van der Waals surface area contributed by atoms with Crippen LogP contribution >= 0.6 is 11.6 Å². The van der Waals surface area contributed by atoms with Gasteiger partial charge in [-0.2, -0.15) is 0 Å². The number of likely N-dealkylation sites (N-methyl/N-ethyl adjacent to an activating group) is 1. The summed E-state index contributed by atoms with van der Waals surface area (Å²) in [6.45, 7) is 0. The van der Waals surface area contributed by atoms with Gasteiger partial charge >= 0.3 is 0 Å². The molecule has 0 saturated heterocycles. The molecule has 70 valence electrons. The second-order valence-electron chi connectivity index (χ2n) is 2.63. The second-order valence-corrected chi connectivity index (χ2v) is 3.03. The fourth-order valence-corrected chi connectivity index (χ4v) is 1.14. The van der Waals surface area contributed by atoms with Gasteiger partial charge in [-0.15, -0.1) is 0 Å². The minimum Gasteiger partial charge on any atom is -0.508 e. The van der Waals surface area contributed by atoms with Crippen LogP contribution in [0.15, 0.2) is 18.2 Å². The topological polar surface area (TPSA) is 49.3 Å². The number of benzene rings is 1. The van der Waals surface area contributed by atoms with E-state index in [9.17, 15) is 4.79 Å². The van der Waals surface area contributed by atoms with Crippen LogP contribution in [0.2, 0.25) is 5.02 Å². The van der Waals surface area contributed by atoms with Gasteiger partial charge in [-0.05, 0) is 23.8 Å². The summed E-state index contributed by atoms with van der Waals surface area (Å²) in [7, 11) is 1.55. The van der Waals surface area contributed by atoms with E-state index in [4.69, 9.17) is 16.7 Å². The van der Waals surface area contributed by atoms with Crippen molar-refractivity contribution >= 4 is 17.5 Å². The number of halogens is 1. The Morgan fingerprint density at radius 1 is 1.62 bits per heavy atom. The molecule has 2 N–H and O–H groups in total. The van der Waals surface area contributed by atoms with Crippen LogP contribution in [0.3, 0.4) is 0 Å². The van der Waals surface area contributed by atoms with Crippen molar-refractivity contribution < 1.29 is 9.90 Å². The number of carbonyl (C=O) groups excluding carboxylic acids is 1. The van der Waals surface area contributed by atoms with Crippen molar-refractivity contribution in [2.75, 3.05) is 7.05 Å². The highest BCUT2D eigenvalue weighted by molar-refractivity contribution is 6.31. The first-order valence-electron chi connectivity index (χ1n) is 3.81. The maximum atomic E-state index is 11.0. The third kappa shape index (κ3) is 2.63. The standard InChI is InChI=1S/C9H10ClNO2/c1-11-9(13)5-6-4-7(12)2-3-8(6)10/h2-4,12H,5H2,1H3,(H,11,13). The third-order valence-corrected chi connectivity index (χ3v) is 2.03. The molecule has 0 aliphatic heterocycles. The van der Waals surface area contributed by atoms with Gasteiger partial charge in [0.2, 0.25) is 5.91 Å². The predicted molar refractivity (Wildman–Crippen MR) is 50.9 cm³/mol. The van der Waals surface area contributed by atoms with Crippen molar-refractivity contribution in [2.24, 2.45) is 0 Å². The quantitative estimate of drug-likeness (QED) is 0.755. The fourth-order valence-electron chi connectivity index (χ4n) is 0.958. The molecule has 0 aliphatic carbocycles. The Morgan fingerprint density at radius 2 is 2.31 bits per heavy atom. The summed E-state index contributed by atoms with van der Waals surface area (Å²) in [6, 6.07) is 4.53. The molecule has 0 saturated carbocycles. The van der Waals surface area contributed by atoms with Crippen LogP contribution < -0.4 is 5.32 Å². The summed E-state index contributed by atoms with van der Waals surface area (Å²) in [5.41, 5.74) is 0.626. The van der Waals surface area contributed by atoms with E-state index in [2.05, 4.69) is 5.32 Å². The molecule has 0 aromatic heterocycles. The van der Waals surface area contributed by atoms with Crippen LogP contribution in [0.25, 0.3) is 0 Å². The lowest BCUT2D eigenvalue weighted by Gasteiger charge is -2.03. The first kappa shape index (κ1) is 9.86. The maximum Gasteiger partial charge on any atom is 0.224 e. The van der Waals surface area contributed by atoms with E-state index in [0.717, 1.165) is 0 Å². The average molecular weight is 200 g/mol. The number of nitrogens with one attached hydrogen (secondary N) is 1. The molecular weight excluding hydrogens is 190 g/mol. The van der Waals surface area contributed by atoms with Gasteiger partial charge in [-0.1, -0.05) is 11.6 Å². The molecule has 0 atom stereocenters. The first-order chi connectivity index (χ1) is 6.13. The Labute approximate surface area is 81.3 Å². The number of rotatable bonds is 2. The Bertz CT molecular complexity index is 325. The summed E-state index contributed by atoms with van der Waals surface area (Å²) < 4.78 is 0.